The van der Waals surface area contributed by atoms with Crippen LogP contribution in [0.4, 0.5) is 17.1 Å². The maximum Gasteiger partial charge on any atom is 0.138 e. The monoisotopic (exact) mass is 769 g/mol. The van der Waals surface area contributed by atoms with Gasteiger partial charge in [-0.1, -0.05) is 123 Å². The minimum atomic E-state index is -0.0874. The molecular formula is C56H39N3O. The lowest BCUT2D eigenvalue weighted by Crippen LogP contribution is -2.14. The highest BCUT2D eigenvalue weighted by molar-refractivity contribution is 6.14. The first-order valence-corrected chi connectivity index (χ1v) is 20.6. The average molecular weight is 770 g/mol. The van der Waals surface area contributed by atoms with Crippen molar-refractivity contribution in [2.75, 3.05) is 4.90 Å². The number of pyridine rings is 1. The van der Waals surface area contributed by atoms with Crippen LogP contribution in [-0.4, -0.2) is 9.55 Å². The highest BCUT2D eigenvalue weighted by atomic mass is 16.3. The molecule has 0 bridgehead atoms. The summed E-state index contributed by atoms with van der Waals surface area (Å²) in [5.41, 5.74) is 18.4. The number of hydrogen-bond donors (Lipinski definition) is 0. The van der Waals surface area contributed by atoms with Gasteiger partial charge in [0, 0.05) is 51.0 Å². The first kappa shape index (κ1) is 34.4. The average Bonchev–Trinajstić information content (AvgIpc) is 3.92. The van der Waals surface area contributed by atoms with Crippen LogP contribution in [0.15, 0.2) is 205 Å². The Hall–Kier alpha value is -7.69. The Kier molecular flexibility index (Phi) is 7.54. The van der Waals surface area contributed by atoms with Gasteiger partial charge in [0.2, 0.25) is 0 Å². The third-order valence-corrected chi connectivity index (χ3v) is 12.7. The lowest BCUT2D eigenvalue weighted by atomic mass is 9.82. The van der Waals surface area contributed by atoms with E-state index in [0.717, 1.165) is 50.3 Å². The van der Waals surface area contributed by atoms with Crippen molar-refractivity contribution in [1.82, 2.24) is 9.55 Å². The summed E-state index contributed by atoms with van der Waals surface area (Å²) in [7, 11) is 0. The molecule has 4 heteroatoms. The predicted octanol–water partition coefficient (Wildman–Crippen LogP) is 15.2. The number of anilines is 3. The van der Waals surface area contributed by atoms with Crippen LogP contribution in [0.25, 0.3) is 82.8 Å². The smallest absolute Gasteiger partial charge is 0.138 e. The number of nitrogens with zero attached hydrogens (tertiary/aromatic N) is 3. The molecule has 12 rings (SSSR count). The quantitative estimate of drug-likeness (QED) is 0.169. The van der Waals surface area contributed by atoms with E-state index in [0.29, 0.717) is 0 Å². The van der Waals surface area contributed by atoms with E-state index in [2.05, 4.69) is 204 Å². The third kappa shape index (κ3) is 5.20. The molecule has 3 aromatic heterocycles. The molecule has 0 aliphatic heterocycles. The second-order valence-corrected chi connectivity index (χ2v) is 16.4. The van der Waals surface area contributed by atoms with Crippen molar-refractivity contribution < 1.29 is 4.42 Å². The summed E-state index contributed by atoms with van der Waals surface area (Å²) in [6, 6.07) is 68.1. The first-order chi connectivity index (χ1) is 29.5. The highest BCUT2D eigenvalue weighted by Crippen LogP contribution is 2.51. The van der Waals surface area contributed by atoms with E-state index in [4.69, 9.17) is 4.42 Å². The molecule has 3 heterocycles. The van der Waals surface area contributed by atoms with E-state index in [9.17, 15) is 0 Å². The normalized spacial score (nSPS) is 13.0. The zero-order chi connectivity index (χ0) is 40.0. The molecule has 0 spiro atoms. The fourth-order valence-corrected chi connectivity index (χ4v) is 9.75. The molecule has 0 N–H and O–H groups in total. The molecule has 0 amide bonds. The Morgan fingerprint density at radius 3 is 1.90 bits per heavy atom. The Balaban J connectivity index is 1.01. The number of aromatic nitrogens is 2. The molecule has 0 fully saturated rings. The second kappa shape index (κ2) is 13.2. The fourth-order valence-electron chi connectivity index (χ4n) is 9.75. The van der Waals surface area contributed by atoms with Gasteiger partial charge in [-0.3, -0.25) is 4.98 Å². The van der Waals surface area contributed by atoms with Gasteiger partial charge in [-0.2, -0.15) is 0 Å². The molecule has 8 aromatic carbocycles. The molecule has 0 saturated carbocycles. The standard InChI is InChI=1S/C56H39N3O/c1-56(2)48-17-10-9-16-43(48)44-33-46-45-32-39(24-29-50(45)59(52(46)34-49(44)56)40-14-7-4-8-15-40)38-22-27-42(28-23-38)58(41-25-20-37(21-26-41)36-12-5-3-6-13-36)51-18-11-19-54-55(51)47-35-57-31-30-53(47)60-54/h3-35H,1-2H3. The summed E-state index contributed by atoms with van der Waals surface area (Å²) in [4.78, 5) is 6.82. The predicted molar refractivity (Wildman–Crippen MR) is 249 cm³/mol. The van der Waals surface area contributed by atoms with Gasteiger partial charge in [-0.25, -0.2) is 0 Å². The number of fused-ring (bicyclic) bond motifs is 9. The van der Waals surface area contributed by atoms with Crippen LogP contribution in [0.2, 0.25) is 0 Å². The molecule has 11 aromatic rings. The van der Waals surface area contributed by atoms with Crippen LogP contribution < -0.4 is 4.90 Å². The van der Waals surface area contributed by atoms with Crippen molar-refractivity contribution in [1.29, 1.82) is 0 Å². The molecule has 284 valence electrons. The van der Waals surface area contributed by atoms with Crippen LogP contribution in [-0.2, 0) is 5.41 Å². The van der Waals surface area contributed by atoms with E-state index in [1.165, 1.54) is 60.8 Å². The summed E-state index contributed by atoms with van der Waals surface area (Å²) in [5.74, 6) is 0. The van der Waals surface area contributed by atoms with Crippen LogP contribution in [0.1, 0.15) is 25.0 Å². The number of hydrogen-bond acceptors (Lipinski definition) is 3. The third-order valence-electron chi connectivity index (χ3n) is 12.7. The van der Waals surface area contributed by atoms with Gasteiger partial charge in [0.25, 0.3) is 0 Å². The van der Waals surface area contributed by atoms with Gasteiger partial charge >= 0.3 is 0 Å². The van der Waals surface area contributed by atoms with Crippen molar-refractivity contribution >= 4 is 60.8 Å². The van der Waals surface area contributed by atoms with E-state index >= 15 is 0 Å². The molecule has 0 radical (unpaired) electrons. The van der Waals surface area contributed by atoms with E-state index in [1.807, 2.05) is 18.3 Å². The van der Waals surface area contributed by atoms with Gasteiger partial charge in [-0.15, -0.1) is 0 Å². The maximum atomic E-state index is 6.35. The lowest BCUT2D eigenvalue weighted by molar-refractivity contribution is 0.661. The van der Waals surface area contributed by atoms with Gasteiger partial charge in [0.05, 0.1) is 22.1 Å². The van der Waals surface area contributed by atoms with Gasteiger partial charge in [0.1, 0.15) is 11.2 Å². The summed E-state index contributed by atoms with van der Waals surface area (Å²) in [6.45, 7) is 4.72. The van der Waals surface area contributed by atoms with Crippen LogP contribution in [0.5, 0.6) is 0 Å². The molecular weight excluding hydrogens is 731 g/mol. The Morgan fingerprint density at radius 1 is 0.483 bits per heavy atom. The van der Waals surface area contributed by atoms with Gasteiger partial charge in [-0.05, 0) is 123 Å². The summed E-state index contributed by atoms with van der Waals surface area (Å²) in [6.07, 6.45) is 3.69. The Morgan fingerprint density at radius 2 is 1.13 bits per heavy atom. The molecule has 60 heavy (non-hydrogen) atoms. The number of para-hydroxylation sites is 1. The van der Waals surface area contributed by atoms with E-state index in [1.54, 1.807) is 6.20 Å². The Bertz CT molecular complexity index is 3430. The molecule has 1 aliphatic rings. The van der Waals surface area contributed by atoms with Crippen molar-refractivity contribution in [2.24, 2.45) is 0 Å². The van der Waals surface area contributed by atoms with Crippen molar-refractivity contribution in [2.45, 2.75) is 19.3 Å². The maximum absolute atomic E-state index is 6.35. The summed E-state index contributed by atoms with van der Waals surface area (Å²) in [5, 5.41) is 4.53. The lowest BCUT2D eigenvalue weighted by Gasteiger charge is -2.26. The SMILES string of the molecule is CC1(C)c2ccccc2-c2cc3c4cc(-c5ccc(N(c6ccc(-c7ccccc7)cc6)c6cccc7oc8ccncc8c67)cc5)ccc4n(-c4ccccc4)c3cc21. The molecule has 0 atom stereocenters. The van der Waals surface area contributed by atoms with Crippen LogP contribution in [0.3, 0.4) is 0 Å². The highest BCUT2D eigenvalue weighted by Gasteiger charge is 2.36. The molecule has 1 aliphatic carbocycles. The minimum absolute atomic E-state index is 0.0874. The van der Waals surface area contributed by atoms with Gasteiger partial charge < -0.3 is 13.9 Å². The zero-order valence-electron chi connectivity index (χ0n) is 33.3. The van der Waals surface area contributed by atoms with E-state index < -0.39 is 0 Å². The number of rotatable bonds is 6. The summed E-state index contributed by atoms with van der Waals surface area (Å²) >= 11 is 0. The Labute approximate surface area is 348 Å². The second-order valence-electron chi connectivity index (χ2n) is 16.4. The van der Waals surface area contributed by atoms with Crippen LogP contribution >= 0.6 is 0 Å². The fraction of sp³-hybridized carbons (Fsp3) is 0.0536. The zero-order valence-corrected chi connectivity index (χ0v) is 33.3. The first-order valence-electron chi connectivity index (χ1n) is 20.6. The largest absolute Gasteiger partial charge is 0.456 e. The molecule has 0 unspecified atom stereocenters. The van der Waals surface area contributed by atoms with Crippen molar-refractivity contribution in [3.8, 4) is 39.1 Å². The molecule has 4 nitrogen and oxygen atoms in total. The number of benzene rings is 8. The summed E-state index contributed by atoms with van der Waals surface area (Å²) < 4.78 is 8.79. The van der Waals surface area contributed by atoms with Crippen molar-refractivity contribution in [3.63, 3.8) is 0 Å². The minimum Gasteiger partial charge on any atom is -0.456 e. The van der Waals surface area contributed by atoms with Crippen LogP contribution in [0, 0.1) is 0 Å². The van der Waals surface area contributed by atoms with Gasteiger partial charge in [0.15, 0.2) is 0 Å². The molecule has 0 saturated heterocycles. The topological polar surface area (TPSA) is 34.2 Å². The number of furan rings is 1. The van der Waals surface area contributed by atoms with Crippen molar-refractivity contribution in [3.05, 3.63) is 212 Å². The van der Waals surface area contributed by atoms with E-state index in [-0.39, 0.29) is 5.41 Å².